The molecule has 0 unspecified atom stereocenters. The molecule has 1 heterocycles. The molecular formula is C16H17NSi. The van der Waals surface area contributed by atoms with Crippen molar-refractivity contribution in [3.05, 3.63) is 59.4 Å². The standard InChI is InChI=1S/C16H17NSi/c1-12-11-15-14(16(12)18(2)3)9-10-17(15)13-7-5-4-6-8-13/h4-11H,1-3H3. The van der Waals surface area contributed by atoms with Crippen molar-refractivity contribution in [1.82, 2.24) is 4.57 Å². The van der Waals surface area contributed by atoms with Crippen LogP contribution in [0.5, 0.6) is 0 Å². The zero-order chi connectivity index (χ0) is 12.7. The molecule has 90 valence electrons. The zero-order valence-corrected chi connectivity index (χ0v) is 12.1. The molecule has 2 aromatic rings. The van der Waals surface area contributed by atoms with Crippen molar-refractivity contribution in [1.29, 1.82) is 0 Å². The van der Waals surface area contributed by atoms with Crippen LogP contribution in [0.2, 0.25) is 13.1 Å². The predicted octanol–water partition coefficient (Wildman–Crippen LogP) is 3.75. The summed E-state index contributed by atoms with van der Waals surface area (Å²) in [6, 6.07) is 12.8. The van der Waals surface area contributed by atoms with Gasteiger partial charge in [0.2, 0.25) is 0 Å². The van der Waals surface area contributed by atoms with Gasteiger partial charge in [-0.05, 0) is 41.9 Å². The molecule has 0 aliphatic heterocycles. The molecule has 0 amide bonds. The van der Waals surface area contributed by atoms with E-state index < -0.39 is 8.41 Å². The lowest BCUT2D eigenvalue weighted by atomic mass is 10.2. The second-order valence-electron chi connectivity index (χ2n) is 5.02. The van der Waals surface area contributed by atoms with Crippen LogP contribution in [-0.2, 0) is 0 Å². The summed E-state index contributed by atoms with van der Waals surface area (Å²) >= 11 is 0. The maximum absolute atomic E-state index is 2.37. The first kappa shape index (κ1) is 11.4. The van der Waals surface area contributed by atoms with Gasteiger partial charge in [-0.15, -0.1) is 0 Å². The summed E-state index contributed by atoms with van der Waals surface area (Å²) in [6.45, 7) is 6.97. The summed E-state index contributed by atoms with van der Waals surface area (Å²) in [6.07, 6.45) is 4.52. The first-order chi connectivity index (χ1) is 8.68. The minimum Gasteiger partial charge on any atom is -0.317 e. The Hall–Kier alpha value is -1.67. The molecule has 0 radical (unpaired) electrons. The molecule has 3 rings (SSSR count). The highest BCUT2D eigenvalue weighted by Crippen LogP contribution is 2.28. The van der Waals surface area contributed by atoms with Gasteiger partial charge in [0.15, 0.2) is 0 Å². The Morgan fingerprint density at radius 2 is 1.72 bits per heavy atom. The maximum Gasteiger partial charge on any atom is 0.0533 e. The molecule has 2 heteroatoms. The van der Waals surface area contributed by atoms with E-state index in [-0.39, 0.29) is 0 Å². The van der Waals surface area contributed by atoms with Gasteiger partial charge in [0.1, 0.15) is 0 Å². The van der Waals surface area contributed by atoms with Crippen molar-refractivity contribution in [2.45, 2.75) is 20.0 Å². The van der Waals surface area contributed by atoms with E-state index in [9.17, 15) is 0 Å². The van der Waals surface area contributed by atoms with Crippen molar-refractivity contribution >= 4 is 19.7 Å². The Kier molecular flexibility index (Phi) is 2.67. The van der Waals surface area contributed by atoms with Crippen molar-refractivity contribution in [2.24, 2.45) is 0 Å². The topological polar surface area (TPSA) is 4.93 Å². The van der Waals surface area contributed by atoms with Gasteiger partial charge in [-0.3, -0.25) is 0 Å². The van der Waals surface area contributed by atoms with Crippen LogP contribution in [-0.4, -0.2) is 18.1 Å². The van der Waals surface area contributed by atoms with Gasteiger partial charge in [0.25, 0.3) is 0 Å². The summed E-state index contributed by atoms with van der Waals surface area (Å²) in [4.78, 5) is 0. The quantitative estimate of drug-likeness (QED) is 0.680. The van der Waals surface area contributed by atoms with E-state index in [0.717, 1.165) is 0 Å². The molecule has 0 bridgehead atoms. The summed E-state index contributed by atoms with van der Waals surface area (Å²) < 4.78 is 2.29. The van der Waals surface area contributed by atoms with Gasteiger partial charge >= 0.3 is 0 Å². The molecule has 18 heavy (non-hydrogen) atoms. The minimum absolute atomic E-state index is 0.406. The molecule has 1 aliphatic rings. The number of hydrogen-bond acceptors (Lipinski definition) is 0. The fourth-order valence-corrected chi connectivity index (χ4v) is 4.38. The van der Waals surface area contributed by atoms with E-state index in [1.54, 1.807) is 5.17 Å². The van der Waals surface area contributed by atoms with Crippen molar-refractivity contribution in [2.75, 3.05) is 0 Å². The van der Waals surface area contributed by atoms with Crippen molar-refractivity contribution in [3.63, 3.8) is 0 Å². The van der Waals surface area contributed by atoms with E-state index in [1.807, 2.05) is 0 Å². The molecule has 1 aromatic heterocycles. The second kappa shape index (κ2) is 4.21. The van der Waals surface area contributed by atoms with Crippen LogP contribution >= 0.6 is 0 Å². The molecule has 0 atom stereocenters. The Bertz CT molecular complexity index is 656. The van der Waals surface area contributed by atoms with E-state index in [4.69, 9.17) is 0 Å². The highest BCUT2D eigenvalue weighted by Gasteiger charge is 2.20. The largest absolute Gasteiger partial charge is 0.317 e. The maximum atomic E-state index is 2.37. The molecule has 1 aliphatic carbocycles. The highest BCUT2D eigenvalue weighted by molar-refractivity contribution is 6.75. The lowest BCUT2D eigenvalue weighted by molar-refractivity contribution is 1.06. The molecule has 0 N–H and O–H groups in total. The molecule has 0 fully saturated rings. The summed E-state index contributed by atoms with van der Waals surface area (Å²) in [5.74, 6) is 0. The van der Waals surface area contributed by atoms with E-state index >= 15 is 0 Å². The first-order valence-electron chi connectivity index (χ1n) is 6.32. The van der Waals surface area contributed by atoms with Crippen molar-refractivity contribution in [3.8, 4) is 5.69 Å². The van der Waals surface area contributed by atoms with Crippen LogP contribution in [0.25, 0.3) is 11.8 Å². The Labute approximate surface area is 110 Å². The van der Waals surface area contributed by atoms with Gasteiger partial charge in [0.05, 0.1) is 5.69 Å². The fraction of sp³-hybridized carbons (Fsp3) is 0.188. The number of hydrogen-bond donors (Lipinski definition) is 0. The van der Waals surface area contributed by atoms with Gasteiger partial charge < -0.3 is 4.57 Å². The average Bonchev–Trinajstić information content (AvgIpc) is 2.87. The lowest BCUT2D eigenvalue weighted by Crippen LogP contribution is -2.09. The second-order valence-corrected chi connectivity index (χ2v) is 7.52. The number of nitrogens with zero attached hydrogens (tertiary/aromatic N) is 1. The molecule has 1 aromatic carbocycles. The number of fused-ring (bicyclic) bond motifs is 1. The molecular weight excluding hydrogens is 234 g/mol. The zero-order valence-electron chi connectivity index (χ0n) is 11.1. The smallest absolute Gasteiger partial charge is 0.0533 e. The van der Waals surface area contributed by atoms with Crippen LogP contribution < -0.4 is 0 Å². The highest BCUT2D eigenvalue weighted by atomic mass is 28.2. The monoisotopic (exact) mass is 251 g/mol. The molecule has 1 nitrogen and oxygen atoms in total. The third kappa shape index (κ3) is 1.65. The minimum atomic E-state index is -0.406. The Balaban J connectivity index is 2.21. The number of para-hydroxylation sites is 1. The van der Waals surface area contributed by atoms with Gasteiger partial charge in [0, 0.05) is 25.9 Å². The third-order valence-corrected chi connectivity index (χ3v) is 5.14. The Morgan fingerprint density at radius 3 is 2.39 bits per heavy atom. The summed E-state index contributed by atoms with van der Waals surface area (Å²) in [7, 11) is -0.406. The summed E-state index contributed by atoms with van der Waals surface area (Å²) in [5.41, 5.74) is 5.48. The van der Waals surface area contributed by atoms with E-state index in [0.29, 0.717) is 0 Å². The number of allylic oxidation sites excluding steroid dienone is 1. The molecule has 0 saturated heterocycles. The van der Waals surface area contributed by atoms with Gasteiger partial charge in [-0.25, -0.2) is 0 Å². The summed E-state index contributed by atoms with van der Waals surface area (Å²) in [5, 5.41) is 1.59. The fourth-order valence-electron chi connectivity index (χ4n) is 2.77. The van der Waals surface area contributed by atoms with Crippen LogP contribution in [0, 0.1) is 0 Å². The molecule has 0 saturated carbocycles. The Morgan fingerprint density at radius 1 is 1.00 bits per heavy atom. The predicted molar refractivity (Wildman–Crippen MR) is 81.0 cm³/mol. The first-order valence-corrected chi connectivity index (χ1v) is 8.82. The lowest BCUT2D eigenvalue weighted by Gasteiger charge is -2.05. The van der Waals surface area contributed by atoms with E-state index in [2.05, 4.69) is 73.3 Å². The normalized spacial score (nSPS) is 13.5. The average molecular weight is 251 g/mol. The van der Waals surface area contributed by atoms with Crippen LogP contribution in [0.3, 0.4) is 0 Å². The third-order valence-electron chi connectivity index (χ3n) is 3.48. The SMILES string of the molecule is CC1=Cc2c(ccn2-c2ccccc2)C1=[Si](C)C. The van der Waals surface area contributed by atoms with E-state index in [1.165, 1.54) is 22.5 Å². The number of aromatic nitrogens is 1. The van der Waals surface area contributed by atoms with Crippen LogP contribution in [0.1, 0.15) is 18.2 Å². The number of benzene rings is 1. The van der Waals surface area contributed by atoms with Crippen molar-refractivity contribution < 1.29 is 0 Å². The van der Waals surface area contributed by atoms with Gasteiger partial charge in [-0.2, -0.15) is 0 Å². The van der Waals surface area contributed by atoms with Crippen LogP contribution in [0.4, 0.5) is 0 Å². The van der Waals surface area contributed by atoms with Crippen LogP contribution in [0.15, 0.2) is 48.2 Å². The molecule has 0 spiro atoms. The van der Waals surface area contributed by atoms with Gasteiger partial charge in [-0.1, -0.05) is 31.3 Å². The number of rotatable bonds is 1.